The highest BCUT2D eigenvalue weighted by molar-refractivity contribution is 5.06. The lowest BCUT2D eigenvalue weighted by Gasteiger charge is -2.12. The van der Waals surface area contributed by atoms with Crippen LogP contribution in [0.1, 0.15) is 32.9 Å². The van der Waals surface area contributed by atoms with Crippen LogP contribution < -0.4 is 5.32 Å². The van der Waals surface area contributed by atoms with E-state index in [1.807, 2.05) is 0 Å². The SMILES string of the molecule is CC(C)CCn1cccc1CNC[C@@H](C)O. The smallest absolute Gasteiger partial charge is 0.0636 e. The Hall–Kier alpha value is -0.800. The zero-order chi connectivity index (χ0) is 12.0. The predicted octanol–water partition coefficient (Wildman–Crippen LogP) is 2.00. The molecule has 1 heterocycles. The lowest BCUT2D eigenvalue weighted by atomic mass is 10.1. The van der Waals surface area contributed by atoms with Crippen molar-refractivity contribution in [3.8, 4) is 0 Å². The number of nitrogens with zero attached hydrogens (tertiary/aromatic N) is 1. The van der Waals surface area contributed by atoms with E-state index in [0.717, 1.165) is 19.0 Å². The van der Waals surface area contributed by atoms with Crippen LogP contribution in [0, 0.1) is 5.92 Å². The van der Waals surface area contributed by atoms with Crippen LogP contribution in [0.25, 0.3) is 0 Å². The van der Waals surface area contributed by atoms with Crippen LogP contribution in [0.2, 0.25) is 0 Å². The van der Waals surface area contributed by atoms with Gasteiger partial charge in [0.05, 0.1) is 6.10 Å². The molecule has 1 aromatic rings. The lowest BCUT2D eigenvalue weighted by Crippen LogP contribution is -2.25. The van der Waals surface area contributed by atoms with Crippen molar-refractivity contribution in [3.63, 3.8) is 0 Å². The monoisotopic (exact) mass is 224 g/mol. The molecule has 1 aromatic heterocycles. The third-order valence-electron chi connectivity index (χ3n) is 2.62. The number of aliphatic hydroxyl groups excluding tert-OH is 1. The van der Waals surface area contributed by atoms with Gasteiger partial charge in [0.15, 0.2) is 0 Å². The molecule has 0 fully saturated rings. The third kappa shape index (κ3) is 4.81. The molecule has 0 saturated carbocycles. The van der Waals surface area contributed by atoms with Crippen molar-refractivity contribution in [1.29, 1.82) is 0 Å². The Morgan fingerprint density at radius 1 is 1.38 bits per heavy atom. The van der Waals surface area contributed by atoms with E-state index in [-0.39, 0.29) is 6.10 Å². The quantitative estimate of drug-likeness (QED) is 0.743. The highest BCUT2D eigenvalue weighted by Crippen LogP contribution is 2.07. The second-order valence-corrected chi connectivity index (χ2v) is 4.86. The van der Waals surface area contributed by atoms with Crippen LogP contribution in [-0.4, -0.2) is 22.3 Å². The molecule has 16 heavy (non-hydrogen) atoms. The summed E-state index contributed by atoms with van der Waals surface area (Å²) in [4.78, 5) is 0. The number of aromatic nitrogens is 1. The maximum atomic E-state index is 9.16. The topological polar surface area (TPSA) is 37.2 Å². The van der Waals surface area contributed by atoms with Crippen LogP contribution in [0.5, 0.6) is 0 Å². The van der Waals surface area contributed by atoms with E-state index in [1.165, 1.54) is 12.1 Å². The number of hydrogen-bond donors (Lipinski definition) is 2. The van der Waals surface area contributed by atoms with Crippen molar-refractivity contribution in [1.82, 2.24) is 9.88 Å². The van der Waals surface area contributed by atoms with Gasteiger partial charge in [-0.25, -0.2) is 0 Å². The summed E-state index contributed by atoms with van der Waals surface area (Å²) in [7, 11) is 0. The minimum Gasteiger partial charge on any atom is -0.392 e. The van der Waals surface area contributed by atoms with Crippen molar-refractivity contribution >= 4 is 0 Å². The van der Waals surface area contributed by atoms with Gasteiger partial charge in [-0.2, -0.15) is 0 Å². The van der Waals surface area contributed by atoms with Gasteiger partial charge in [-0.05, 0) is 31.4 Å². The summed E-state index contributed by atoms with van der Waals surface area (Å²) >= 11 is 0. The molecule has 0 bridgehead atoms. The number of nitrogens with one attached hydrogen (secondary N) is 1. The maximum Gasteiger partial charge on any atom is 0.0636 e. The van der Waals surface area contributed by atoms with Crippen molar-refractivity contribution < 1.29 is 5.11 Å². The highest BCUT2D eigenvalue weighted by atomic mass is 16.3. The summed E-state index contributed by atoms with van der Waals surface area (Å²) in [6, 6.07) is 4.22. The van der Waals surface area contributed by atoms with Gasteiger partial charge in [-0.3, -0.25) is 0 Å². The zero-order valence-electron chi connectivity index (χ0n) is 10.6. The first kappa shape index (κ1) is 13.3. The third-order valence-corrected chi connectivity index (χ3v) is 2.62. The fourth-order valence-corrected chi connectivity index (χ4v) is 1.63. The molecule has 0 radical (unpaired) electrons. The molecule has 0 spiro atoms. The summed E-state index contributed by atoms with van der Waals surface area (Å²) < 4.78 is 2.29. The summed E-state index contributed by atoms with van der Waals surface area (Å²) in [6.45, 7) is 8.84. The largest absolute Gasteiger partial charge is 0.392 e. The fraction of sp³-hybridized carbons (Fsp3) is 0.692. The van der Waals surface area contributed by atoms with Gasteiger partial charge in [0.2, 0.25) is 0 Å². The molecule has 0 amide bonds. The first-order valence-electron chi connectivity index (χ1n) is 6.12. The highest BCUT2D eigenvalue weighted by Gasteiger charge is 2.02. The lowest BCUT2D eigenvalue weighted by molar-refractivity contribution is 0.190. The minimum atomic E-state index is -0.279. The van der Waals surface area contributed by atoms with Gasteiger partial charge < -0.3 is 15.0 Å². The van der Waals surface area contributed by atoms with Crippen LogP contribution in [0.4, 0.5) is 0 Å². The molecule has 3 heteroatoms. The number of aryl methyl sites for hydroxylation is 1. The Morgan fingerprint density at radius 3 is 2.75 bits per heavy atom. The second kappa shape index (κ2) is 6.71. The zero-order valence-corrected chi connectivity index (χ0v) is 10.6. The van der Waals surface area contributed by atoms with Crippen molar-refractivity contribution in [2.24, 2.45) is 5.92 Å². The van der Waals surface area contributed by atoms with Crippen molar-refractivity contribution in [3.05, 3.63) is 24.0 Å². The summed E-state index contributed by atoms with van der Waals surface area (Å²) in [5.74, 6) is 0.737. The van der Waals surface area contributed by atoms with E-state index in [9.17, 15) is 0 Å². The van der Waals surface area contributed by atoms with E-state index < -0.39 is 0 Å². The molecule has 0 aliphatic heterocycles. The van der Waals surface area contributed by atoms with Crippen molar-refractivity contribution in [2.75, 3.05) is 6.54 Å². The van der Waals surface area contributed by atoms with Crippen molar-refractivity contribution in [2.45, 2.75) is 46.4 Å². The van der Waals surface area contributed by atoms with Crippen LogP contribution in [-0.2, 0) is 13.1 Å². The van der Waals surface area contributed by atoms with Gasteiger partial charge in [0.25, 0.3) is 0 Å². The number of hydrogen-bond acceptors (Lipinski definition) is 2. The average molecular weight is 224 g/mol. The summed E-state index contributed by atoms with van der Waals surface area (Å²) in [6.07, 6.45) is 3.05. The Bertz CT molecular complexity index is 292. The van der Waals surface area contributed by atoms with E-state index >= 15 is 0 Å². The first-order chi connectivity index (χ1) is 7.59. The van der Waals surface area contributed by atoms with Gasteiger partial charge in [-0.1, -0.05) is 13.8 Å². The van der Waals surface area contributed by atoms with E-state index in [0.29, 0.717) is 6.54 Å². The Labute approximate surface area is 98.5 Å². The fourth-order valence-electron chi connectivity index (χ4n) is 1.63. The minimum absolute atomic E-state index is 0.279. The molecule has 0 aliphatic carbocycles. The Kier molecular flexibility index (Phi) is 5.56. The molecule has 2 N–H and O–H groups in total. The van der Waals surface area contributed by atoms with Crippen LogP contribution in [0.15, 0.2) is 18.3 Å². The Morgan fingerprint density at radius 2 is 2.12 bits per heavy atom. The molecule has 1 atom stereocenters. The van der Waals surface area contributed by atoms with E-state index in [4.69, 9.17) is 5.11 Å². The molecule has 0 saturated heterocycles. The molecule has 0 aliphatic rings. The Balaban J connectivity index is 2.38. The van der Waals surface area contributed by atoms with E-state index in [2.05, 4.69) is 42.1 Å². The summed E-state index contributed by atoms with van der Waals surface area (Å²) in [5.41, 5.74) is 1.29. The van der Waals surface area contributed by atoms with Crippen LogP contribution >= 0.6 is 0 Å². The molecule has 0 aromatic carbocycles. The average Bonchev–Trinajstić information content (AvgIpc) is 2.62. The summed E-state index contributed by atoms with van der Waals surface area (Å²) in [5, 5.41) is 12.4. The van der Waals surface area contributed by atoms with E-state index in [1.54, 1.807) is 6.92 Å². The van der Waals surface area contributed by atoms with Gasteiger partial charge in [-0.15, -0.1) is 0 Å². The molecule has 3 nitrogen and oxygen atoms in total. The molecule has 1 rings (SSSR count). The molecular weight excluding hydrogens is 200 g/mol. The molecular formula is C13H24N2O. The molecule has 0 unspecified atom stereocenters. The normalized spacial score (nSPS) is 13.3. The standard InChI is InChI=1S/C13H24N2O/c1-11(2)6-8-15-7-4-5-13(15)10-14-9-12(3)16/h4-5,7,11-12,14,16H,6,8-10H2,1-3H3/t12-/m1/s1. The maximum absolute atomic E-state index is 9.16. The van der Waals surface area contributed by atoms with Crippen LogP contribution in [0.3, 0.4) is 0 Å². The number of rotatable bonds is 7. The first-order valence-corrected chi connectivity index (χ1v) is 6.12. The van der Waals surface area contributed by atoms with Gasteiger partial charge in [0, 0.05) is 31.5 Å². The number of aliphatic hydroxyl groups is 1. The second-order valence-electron chi connectivity index (χ2n) is 4.86. The predicted molar refractivity (Wildman–Crippen MR) is 67.3 cm³/mol. The van der Waals surface area contributed by atoms with Gasteiger partial charge >= 0.3 is 0 Å². The molecule has 92 valence electrons. The van der Waals surface area contributed by atoms with Gasteiger partial charge in [0.1, 0.15) is 0 Å².